The monoisotopic (exact) mass is 646 g/mol. The molecule has 11 nitrogen and oxygen atoms in total. The number of carbonyl (C=O) groups is 2. The van der Waals surface area contributed by atoms with Gasteiger partial charge >= 0.3 is 23.8 Å². The quantitative estimate of drug-likeness (QED) is 0.256. The number of fused-ring (bicyclic) bond motifs is 1. The summed E-state index contributed by atoms with van der Waals surface area (Å²) in [6, 6.07) is 12.3. The zero-order chi connectivity index (χ0) is 32.8. The van der Waals surface area contributed by atoms with Crippen LogP contribution in [0.2, 0.25) is 0 Å². The van der Waals surface area contributed by atoms with E-state index >= 15 is 0 Å². The average molecular weight is 647 g/mol. The third-order valence-corrected chi connectivity index (χ3v) is 7.45. The van der Waals surface area contributed by atoms with E-state index in [-0.39, 0.29) is 30.3 Å². The van der Waals surface area contributed by atoms with Crippen LogP contribution in [0.25, 0.3) is 0 Å². The van der Waals surface area contributed by atoms with Crippen molar-refractivity contribution in [3.63, 3.8) is 0 Å². The summed E-state index contributed by atoms with van der Waals surface area (Å²) >= 11 is 0. The van der Waals surface area contributed by atoms with Crippen LogP contribution in [0, 0.1) is 5.82 Å². The Balaban J connectivity index is 1.30. The van der Waals surface area contributed by atoms with Crippen LogP contribution in [0.3, 0.4) is 0 Å². The van der Waals surface area contributed by atoms with E-state index in [4.69, 9.17) is 14.2 Å². The number of alkyl halides is 3. The molecule has 0 atom stereocenters. The Kier molecular flexibility index (Phi) is 9.90. The van der Waals surface area contributed by atoms with Crippen molar-refractivity contribution in [1.29, 1.82) is 0 Å². The van der Waals surface area contributed by atoms with Gasteiger partial charge in [-0.3, -0.25) is 18.8 Å². The van der Waals surface area contributed by atoms with Crippen molar-refractivity contribution in [2.45, 2.75) is 32.3 Å². The second-order valence-corrected chi connectivity index (χ2v) is 10.7. The van der Waals surface area contributed by atoms with E-state index < -0.39 is 48.4 Å². The average Bonchev–Trinajstić information content (AvgIpc) is 3.09. The maximum absolute atomic E-state index is 13.8. The number of anilines is 1. The second kappa shape index (κ2) is 14.0. The second-order valence-electron chi connectivity index (χ2n) is 10.7. The molecule has 5 rings (SSSR count). The summed E-state index contributed by atoms with van der Waals surface area (Å²) in [4.78, 5) is 55.4. The van der Waals surface area contributed by atoms with Crippen LogP contribution in [0.4, 0.5) is 23.2 Å². The van der Waals surface area contributed by atoms with Gasteiger partial charge in [0.1, 0.15) is 23.7 Å². The molecule has 0 N–H and O–H groups in total. The standard InChI is InChI=1S/C31H30F4N4O7/c32-22-7-8-24(25(17-22)45-20-31(33,34)35)37-15-13-36(14-16-37)11-4-12-38-28(42)23-19-44-26(40)9-10-27(41)46-29(23)39(30(38)43)18-21-5-2-1-3-6-21/h1-3,5-10,17H,4,11-16,18-20H2/b10-9+. The molecule has 3 aromatic rings. The van der Waals surface area contributed by atoms with Crippen molar-refractivity contribution < 1.29 is 41.4 Å². The number of esters is 2. The lowest BCUT2D eigenvalue weighted by molar-refractivity contribution is -0.153. The minimum atomic E-state index is -4.57. The van der Waals surface area contributed by atoms with Gasteiger partial charge in [-0.25, -0.2) is 18.8 Å². The van der Waals surface area contributed by atoms with Crippen LogP contribution >= 0.6 is 0 Å². The first-order chi connectivity index (χ1) is 22.0. The third kappa shape index (κ3) is 8.02. The Morgan fingerprint density at radius 2 is 1.57 bits per heavy atom. The SMILES string of the molecule is O=C1/C=C/C(=O)Oc2c(c(=O)n(CCCN3CCN(c4ccc(F)cc4OCC(F)(F)F)CC3)c(=O)n2Cc2ccccc2)CO1. The molecule has 0 spiro atoms. The zero-order valence-corrected chi connectivity index (χ0v) is 24.5. The summed E-state index contributed by atoms with van der Waals surface area (Å²) in [5.74, 6) is -3.00. The molecule has 2 aromatic carbocycles. The first kappa shape index (κ1) is 32.5. The van der Waals surface area contributed by atoms with Gasteiger partial charge in [0, 0.05) is 50.9 Å². The molecule has 0 amide bonds. The minimum Gasteiger partial charge on any atom is -0.482 e. The fraction of sp³-hybridized carbons (Fsp3) is 0.355. The van der Waals surface area contributed by atoms with Crippen molar-refractivity contribution in [3.8, 4) is 11.6 Å². The molecule has 1 aromatic heterocycles. The maximum Gasteiger partial charge on any atom is 0.422 e. The molecule has 244 valence electrons. The van der Waals surface area contributed by atoms with Crippen molar-refractivity contribution in [3.05, 3.63) is 98.5 Å². The van der Waals surface area contributed by atoms with E-state index in [1.54, 1.807) is 30.3 Å². The predicted octanol–water partition coefficient (Wildman–Crippen LogP) is 2.87. The number of aromatic nitrogens is 2. The summed E-state index contributed by atoms with van der Waals surface area (Å²) in [7, 11) is 0. The molecule has 0 radical (unpaired) electrons. The van der Waals surface area contributed by atoms with Gasteiger partial charge in [-0.05, 0) is 30.7 Å². The van der Waals surface area contributed by atoms with E-state index in [0.717, 1.165) is 33.4 Å². The normalized spacial score (nSPS) is 16.5. The Morgan fingerprint density at radius 3 is 2.28 bits per heavy atom. The predicted molar refractivity (Wildman–Crippen MR) is 156 cm³/mol. The Bertz CT molecular complexity index is 1730. The number of carbonyl (C=O) groups excluding carboxylic acids is 2. The van der Waals surface area contributed by atoms with Crippen LogP contribution in [-0.2, 0) is 34.0 Å². The molecular weight excluding hydrogens is 616 g/mol. The molecule has 2 aliphatic rings. The fourth-order valence-corrected chi connectivity index (χ4v) is 5.23. The number of piperazine rings is 1. The van der Waals surface area contributed by atoms with Gasteiger partial charge in [-0.15, -0.1) is 0 Å². The van der Waals surface area contributed by atoms with E-state index in [0.29, 0.717) is 50.4 Å². The summed E-state index contributed by atoms with van der Waals surface area (Å²) in [6.45, 7) is 0.256. The summed E-state index contributed by atoms with van der Waals surface area (Å²) < 4.78 is 69.5. The van der Waals surface area contributed by atoms with Crippen molar-refractivity contribution in [2.75, 3.05) is 44.2 Å². The van der Waals surface area contributed by atoms with Crippen molar-refractivity contribution >= 4 is 17.6 Å². The molecule has 1 fully saturated rings. The minimum absolute atomic E-state index is 0.00743. The molecule has 46 heavy (non-hydrogen) atoms. The first-order valence-corrected chi connectivity index (χ1v) is 14.4. The largest absolute Gasteiger partial charge is 0.482 e. The Labute approximate surface area is 259 Å². The highest BCUT2D eigenvalue weighted by atomic mass is 19.4. The number of hydrogen-bond donors (Lipinski definition) is 0. The van der Waals surface area contributed by atoms with E-state index in [1.165, 1.54) is 6.07 Å². The molecule has 15 heteroatoms. The van der Waals surface area contributed by atoms with Crippen LogP contribution in [0.15, 0.2) is 70.3 Å². The van der Waals surface area contributed by atoms with Gasteiger partial charge in [-0.1, -0.05) is 30.3 Å². The highest BCUT2D eigenvalue weighted by Crippen LogP contribution is 2.31. The van der Waals surface area contributed by atoms with E-state index in [2.05, 4.69) is 4.90 Å². The van der Waals surface area contributed by atoms with Crippen molar-refractivity contribution in [2.24, 2.45) is 0 Å². The van der Waals surface area contributed by atoms with Gasteiger partial charge in [0.05, 0.1) is 12.2 Å². The van der Waals surface area contributed by atoms with E-state index in [1.807, 2.05) is 4.90 Å². The smallest absolute Gasteiger partial charge is 0.422 e. The van der Waals surface area contributed by atoms with Gasteiger partial charge in [-0.2, -0.15) is 13.2 Å². The molecule has 2 aliphatic heterocycles. The molecule has 3 heterocycles. The molecule has 0 unspecified atom stereocenters. The molecule has 0 saturated carbocycles. The van der Waals surface area contributed by atoms with Gasteiger partial charge < -0.3 is 19.1 Å². The lowest BCUT2D eigenvalue weighted by Gasteiger charge is -2.36. The topological polar surface area (TPSA) is 112 Å². The van der Waals surface area contributed by atoms with Crippen LogP contribution in [0.1, 0.15) is 17.5 Å². The van der Waals surface area contributed by atoms with E-state index in [9.17, 15) is 36.7 Å². The maximum atomic E-state index is 13.8. The van der Waals surface area contributed by atoms with Gasteiger partial charge in [0.2, 0.25) is 5.88 Å². The molecule has 1 saturated heterocycles. The number of rotatable bonds is 9. The summed E-state index contributed by atoms with van der Waals surface area (Å²) in [6.07, 6.45) is -2.47. The van der Waals surface area contributed by atoms with Crippen molar-refractivity contribution in [1.82, 2.24) is 14.0 Å². The van der Waals surface area contributed by atoms with Gasteiger partial charge in [0.25, 0.3) is 5.56 Å². The number of halogens is 4. The first-order valence-electron chi connectivity index (χ1n) is 14.4. The number of nitrogens with zero attached hydrogens (tertiary/aromatic N) is 4. The molecule has 0 aliphatic carbocycles. The van der Waals surface area contributed by atoms with Crippen LogP contribution in [-0.4, -0.2) is 71.5 Å². The number of cyclic esters (lactones) is 1. The van der Waals surface area contributed by atoms with Gasteiger partial charge in [0.15, 0.2) is 6.61 Å². The molecule has 0 bridgehead atoms. The fourth-order valence-electron chi connectivity index (χ4n) is 5.23. The van der Waals surface area contributed by atoms with Crippen LogP contribution in [0.5, 0.6) is 11.6 Å². The lowest BCUT2D eigenvalue weighted by Crippen LogP contribution is -2.47. The highest BCUT2D eigenvalue weighted by Gasteiger charge is 2.30. The molecular formula is C31H30F4N4O7. The number of hydrogen-bond acceptors (Lipinski definition) is 9. The van der Waals surface area contributed by atoms with Crippen LogP contribution < -0.4 is 25.6 Å². The highest BCUT2D eigenvalue weighted by molar-refractivity contribution is 5.92. The number of ether oxygens (including phenoxy) is 3. The lowest BCUT2D eigenvalue weighted by atomic mass is 10.2. The number of benzene rings is 2. The summed E-state index contributed by atoms with van der Waals surface area (Å²) in [5.41, 5.74) is -0.561. The zero-order valence-electron chi connectivity index (χ0n) is 24.5. The Morgan fingerprint density at radius 1 is 0.848 bits per heavy atom. The summed E-state index contributed by atoms with van der Waals surface area (Å²) in [5, 5.41) is 0. The Hall–Kier alpha value is -4.92. The third-order valence-electron chi connectivity index (χ3n) is 7.45.